The molecule has 2 N–H and O–H groups in total. The van der Waals surface area contributed by atoms with E-state index >= 15 is 0 Å². The second-order valence-electron chi connectivity index (χ2n) is 9.31. The predicted molar refractivity (Wildman–Crippen MR) is 160 cm³/mol. The van der Waals surface area contributed by atoms with Crippen LogP contribution in [-0.4, -0.2) is 24.5 Å². The molecule has 192 valence electrons. The third-order valence-corrected chi connectivity index (χ3v) is 9.35. The maximum Gasteiger partial charge on any atom is 0.220 e. The van der Waals surface area contributed by atoms with Crippen LogP contribution in [0.1, 0.15) is 24.0 Å². The fourth-order valence-corrected chi connectivity index (χ4v) is 7.38. The van der Waals surface area contributed by atoms with Crippen LogP contribution in [0.5, 0.6) is 5.75 Å². The SMILES string of the molecule is COc1ccc2[nH]cc(CCNC(=O)CCCc3ccccc3P(c3ccccc3)c3ccccc3)c2c1. The number of hydrogen-bond acceptors (Lipinski definition) is 2. The number of hydrogen-bond donors (Lipinski definition) is 2. The zero-order valence-electron chi connectivity index (χ0n) is 21.7. The Morgan fingerprint density at radius 3 is 2.21 bits per heavy atom. The quantitative estimate of drug-likeness (QED) is 0.222. The highest BCUT2D eigenvalue weighted by Crippen LogP contribution is 2.34. The van der Waals surface area contributed by atoms with E-state index in [4.69, 9.17) is 4.74 Å². The molecule has 0 aliphatic carbocycles. The zero-order valence-corrected chi connectivity index (χ0v) is 22.6. The van der Waals surface area contributed by atoms with Gasteiger partial charge in [0, 0.05) is 30.1 Å². The third kappa shape index (κ3) is 6.15. The molecule has 38 heavy (non-hydrogen) atoms. The van der Waals surface area contributed by atoms with Gasteiger partial charge in [0.05, 0.1) is 7.11 Å². The summed E-state index contributed by atoms with van der Waals surface area (Å²) in [7, 11) is 1.02. The summed E-state index contributed by atoms with van der Waals surface area (Å²) in [6, 6.07) is 36.3. The Hall–Kier alpha value is -3.88. The first-order chi connectivity index (χ1) is 18.7. The molecular weight excluding hydrogens is 487 g/mol. The van der Waals surface area contributed by atoms with Crippen LogP contribution in [0.2, 0.25) is 0 Å². The van der Waals surface area contributed by atoms with Crippen LogP contribution in [0.4, 0.5) is 0 Å². The lowest BCUT2D eigenvalue weighted by Gasteiger charge is -2.22. The van der Waals surface area contributed by atoms with Crippen LogP contribution in [0.25, 0.3) is 10.9 Å². The van der Waals surface area contributed by atoms with E-state index in [0.717, 1.165) is 35.9 Å². The van der Waals surface area contributed by atoms with Crippen molar-refractivity contribution >= 4 is 40.6 Å². The Morgan fingerprint density at radius 1 is 0.816 bits per heavy atom. The van der Waals surface area contributed by atoms with E-state index in [1.165, 1.54) is 27.0 Å². The minimum absolute atomic E-state index is 0.105. The topological polar surface area (TPSA) is 54.1 Å². The number of rotatable bonds is 11. The first-order valence-electron chi connectivity index (χ1n) is 13.1. The van der Waals surface area contributed by atoms with Gasteiger partial charge in [-0.15, -0.1) is 0 Å². The molecule has 0 aliphatic heterocycles. The number of amides is 1. The average molecular weight is 521 g/mol. The van der Waals surface area contributed by atoms with Crippen LogP contribution in [0.15, 0.2) is 109 Å². The summed E-state index contributed by atoms with van der Waals surface area (Å²) in [6.07, 6.45) is 5.01. The predicted octanol–water partition coefficient (Wildman–Crippen LogP) is 5.62. The van der Waals surface area contributed by atoms with Gasteiger partial charge in [-0.05, 0) is 72.4 Å². The van der Waals surface area contributed by atoms with Gasteiger partial charge < -0.3 is 15.0 Å². The largest absolute Gasteiger partial charge is 0.497 e. The van der Waals surface area contributed by atoms with E-state index in [-0.39, 0.29) is 5.91 Å². The highest BCUT2D eigenvalue weighted by atomic mass is 31.1. The van der Waals surface area contributed by atoms with E-state index in [9.17, 15) is 4.79 Å². The Morgan fingerprint density at radius 2 is 1.50 bits per heavy atom. The van der Waals surface area contributed by atoms with Gasteiger partial charge in [-0.2, -0.15) is 0 Å². The highest BCUT2D eigenvalue weighted by Gasteiger charge is 2.19. The summed E-state index contributed by atoms with van der Waals surface area (Å²) in [5.41, 5.74) is 3.59. The zero-order chi connectivity index (χ0) is 26.2. The molecular formula is C33H33N2O2P. The molecule has 4 aromatic carbocycles. The van der Waals surface area contributed by atoms with Crippen molar-refractivity contribution in [2.24, 2.45) is 0 Å². The number of methoxy groups -OCH3 is 1. The summed E-state index contributed by atoms with van der Waals surface area (Å²) in [6.45, 7) is 0.618. The van der Waals surface area contributed by atoms with Gasteiger partial charge in [0.25, 0.3) is 0 Å². The number of H-pyrrole nitrogens is 1. The van der Waals surface area contributed by atoms with Gasteiger partial charge in [-0.3, -0.25) is 4.79 Å². The van der Waals surface area contributed by atoms with Crippen molar-refractivity contribution in [2.45, 2.75) is 25.7 Å². The van der Waals surface area contributed by atoms with E-state index in [1.54, 1.807) is 7.11 Å². The van der Waals surface area contributed by atoms with Crippen LogP contribution in [0.3, 0.4) is 0 Å². The van der Waals surface area contributed by atoms with Crippen LogP contribution in [0, 0.1) is 0 Å². The number of aromatic nitrogens is 1. The number of carbonyl (C=O) groups excluding carboxylic acids is 1. The first-order valence-corrected chi connectivity index (χ1v) is 14.5. The van der Waals surface area contributed by atoms with Crippen molar-refractivity contribution in [2.75, 3.05) is 13.7 Å². The lowest BCUT2D eigenvalue weighted by atomic mass is 10.1. The van der Waals surface area contributed by atoms with Crippen LogP contribution < -0.4 is 26.0 Å². The molecule has 0 saturated carbocycles. The van der Waals surface area contributed by atoms with E-state index in [2.05, 4.69) is 95.2 Å². The molecule has 0 bridgehead atoms. The van der Waals surface area contributed by atoms with Gasteiger partial charge in [0.1, 0.15) is 5.75 Å². The molecule has 0 spiro atoms. The van der Waals surface area contributed by atoms with Crippen molar-refractivity contribution in [3.05, 3.63) is 120 Å². The lowest BCUT2D eigenvalue weighted by Crippen LogP contribution is -2.26. The minimum Gasteiger partial charge on any atom is -0.497 e. The molecule has 0 aliphatic rings. The number of fused-ring (bicyclic) bond motifs is 1. The van der Waals surface area contributed by atoms with Crippen molar-refractivity contribution in [3.8, 4) is 5.75 Å². The second kappa shape index (κ2) is 12.6. The van der Waals surface area contributed by atoms with Crippen LogP contribution >= 0.6 is 7.92 Å². The molecule has 1 amide bonds. The summed E-state index contributed by atoms with van der Waals surface area (Å²) < 4.78 is 5.36. The first kappa shape index (κ1) is 25.8. The van der Waals surface area contributed by atoms with E-state index in [0.29, 0.717) is 13.0 Å². The molecule has 0 unspecified atom stereocenters. The molecule has 0 fully saturated rings. The molecule has 5 aromatic rings. The minimum atomic E-state index is -0.660. The molecule has 5 rings (SSSR count). The van der Waals surface area contributed by atoms with E-state index < -0.39 is 7.92 Å². The molecule has 1 heterocycles. The van der Waals surface area contributed by atoms with E-state index in [1.807, 2.05) is 24.4 Å². The number of carbonyl (C=O) groups is 1. The van der Waals surface area contributed by atoms with Crippen molar-refractivity contribution in [1.29, 1.82) is 0 Å². The average Bonchev–Trinajstić information content (AvgIpc) is 3.37. The van der Waals surface area contributed by atoms with Crippen molar-refractivity contribution in [3.63, 3.8) is 0 Å². The molecule has 0 radical (unpaired) electrons. The number of ether oxygens (including phenoxy) is 1. The smallest absolute Gasteiger partial charge is 0.220 e. The monoisotopic (exact) mass is 520 g/mol. The molecule has 5 heteroatoms. The second-order valence-corrected chi connectivity index (χ2v) is 11.5. The van der Waals surface area contributed by atoms with Gasteiger partial charge in [0.15, 0.2) is 0 Å². The summed E-state index contributed by atoms with van der Waals surface area (Å²) >= 11 is 0. The van der Waals surface area contributed by atoms with Gasteiger partial charge in [-0.25, -0.2) is 0 Å². The lowest BCUT2D eigenvalue weighted by molar-refractivity contribution is -0.121. The van der Waals surface area contributed by atoms with Crippen LogP contribution in [-0.2, 0) is 17.6 Å². The molecule has 0 atom stereocenters. The summed E-state index contributed by atoms with van der Waals surface area (Å²) in [5.74, 6) is 0.944. The number of nitrogens with one attached hydrogen (secondary N) is 2. The van der Waals surface area contributed by atoms with Gasteiger partial charge in [-0.1, -0.05) is 84.9 Å². The fraction of sp³-hybridized carbons (Fsp3) is 0.182. The maximum absolute atomic E-state index is 12.7. The van der Waals surface area contributed by atoms with Gasteiger partial charge in [0.2, 0.25) is 5.91 Å². The molecule has 0 saturated heterocycles. The number of benzene rings is 4. The Bertz CT molecular complexity index is 1440. The fourth-order valence-electron chi connectivity index (χ4n) is 4.88. The standard InChI is InChI=1S/C33H33N2O2P/c1-37-27-19-20-31-30(23-27)26(24-35-31)21-22-34-33(36)18-10-12-25-11-8-9-17-32(25)38(28-13-4-2-5-14-28)29-15-6-3-7-16-29/h2-9,11,13-17,19-20,23-24,35H,10,12,18,21-22H2,1H3,(H,34,36). The third-order valence-electron chi connectivity index (χ3n) is 6.80. The Labute approximate surface area is 225 Å². The molecule has 4 nitrogen and oxygen atoms in total. The number of aromatic amines is 1. The normalized spacial score (nSPS) is 11.1. The summed E-state index contributed by atoms with van der Waals surface area (Å²) in [4.78, 5) is 16.0. The highest BCUT2D eigenvalue weighted by molar-refractivity contribution is 7.79. The summed E-state index contributed by atoms with van der Waals surface area (Å²) in [5, 5.41) is 8.31. The van der Waals surface area contributed by atoms with Crippen molar-refractivity contribution in [1.82, 2.24) is 10.3 Å². The van der Waals surface area contributed by atoms with Gasteiger partial charge >= 0.3 is 0 Å². The number of aryl methyl sites for hydroxylation is 1. The Balaban J connectivity index is 1.20. The Kier molecular flexibility index (Phi) is 8.53. The van der Waals surface area contributed by atoms with Crippen molar-refractivity contribution < 1.29 is 9.53 Å². The maximum atomic E-state index is 12.7. The molecule has 1 aromatic heterocycles.